The summed E-state index contributed by atoms with van der Waals surface area (Å²) in [4.78, 5) is 36.2. The molecule has 2 heterocycles. The van der Waals surface area contributed by atoms with Crippen molar-refractivity contribution in [2.24, 2.45) is 0 Å². The van der Waals surface area contributed by atoms with Crippen molar-refractivity contribution >= 4 is 29.1 Å². The lowest BCUT2D eigenvalue weighted by Gasteiger charge is -2.28. The second kappa shape index (κ2) is 6.32. The second-order valence-electron chi connectivity index (χ2n) is 5.21. The van der Waals surface area contributed by atoms with E-state index in [4.69, 9.17) is 0 Å². The van der Waals surface area contributed by atoms with Gasteiger partial charge in [0.25, 0.3) is 0 Å². The highest BCUT2D eigenvalue weighted by molar-refractivity contribution is 7.12. The predicted octanol–water partition coefficient (Wildman–Crippen LogP) is 3.08. The fourth-order valence-electron chi connectivity index (χ4n) is 2.72. The van der Waals surface area contributed by atoms with Crippen LogP contribution in [0.1, 0.15) is 35.9 Å². The maximum absolute atomic E-state index is 12.3. The molecule has 0 spiro atoms. The Morgan fingerprint density at radius 3 is 2.76 bits per heavy atom. The first kappa shape index (κ1) is 15.6. The lowest BCUT2D eigenvalue weighted by atomic mass is 10.2. The van der Waals surface area contributed by atoms with Gasteiger partial charge >= 0.3 is 12.0 Å². The molecule has 1 fully saturated rings. The third-order valence-corrected chi connectivity index (χ3v) is 4.89. The van der Waals surface area contributed by atoms with Gasteiger partial charge in [-0.05, 0) is 18.4 Å². The van der Waals surface area contributed by atoms with E-state index in [1.165, 1.54) is 23.5 Å². The highest BCUT2D eigenvalue weighted by atomic mass is 32.1. The van der Waals surface area contributed by atoms with Crippen molar-refractivity contribution in [3.05, 3.63) is 34.5 Å². The molecule has 0 aliphatic carbocycles. The molecule has 0 bridgehead atoms. The minimum atomic E-state index is -1.11. The normalized spacial score (nSPS) is 25.3. The summed E-state index contributed by atoms with van der Waals surface area (Å²) >= 11 is 1.35. The summed E-state index contributed by atoms with van der Waals surface area (Å²) in [5.41, 5.74) is 0. The lowest BCUT2D eigenvalue weighted by molar-refractivity contribution is -0.789. The average Bonchev–Trinajstić information content (AvgIpc) is 3.07. The molecular weight excluding hydrogens is 290 g/mol. The van der Waals surface area contributed by atoms with Crippen LogP contribution in [0, 0.1) is 0 Å². The van der Waals surface area contributed by atoms with E-state index in [2.05, 4.69) is 0 Å². The zero-order valence-electron chi connectivity index (χ0n) is 11.8. The Labute approximate surface area is 127 Å². The van der Waals surface area contributed by atoms with Crippen LogP contribution in [0.15, 0.2) is 29.7 Å². The van der Waals surface area contributed by atoms with Crippen molar-refractivity contribution in [3.63, 3.8) is 0 Å². The Morgan fingerprint density at radius 2 is 2.24 bits per heavy atom. The Kier molecular flexibility index (Phi) is 4.69. The number of amides is 2. The highest BCUT2D eigenvalue weighted by Crippen LogP contribution is 2.28. The first-order valence-corrected chi connectivity index (χ1v) is 7.75. The van der Waals surface area contributed by atoms with E-state index in [-0.39, 0.29) is 18.2 Å². The number of carbonyl (C=O) groups is 3. The van der Waals surface area contributed by atoms with Crippen LogP contribution in [0.2, 0.25) is 0 Å². The quantitative estimate of drug-likeness (QED) is 0.527. The lowest BCUT2D eigenvalue weighted by Crippen LogP contribution is -2.57. The smallest absolute Gasteiger partial charge is 0.435 e. The molecule has 0 aromatic carbocycles. The summed E-state index contributed by atoms with van der Waals surface area (Å²) in [6.45, 7) is 2.10. The number of thiophene rings is 1. The third-order valence-electron chi connectivity index (χ3n) is 3.98. The topological polar surface area (TPSA) is 71.4 Å². The molecule has 6 heteroatoms. The van der Waals surface area contributed by atoms with Crippen molar-refractivity contribution in [1.29, 1.82) is 0 Å². The SMILES string of the molecule is C[C@@H]1CCC[N+]1(C(=O)O)C(=O)C=CCC(=O)c1cccs1. The molecule has 2 rings (SSSR count). The van der Waals surface area contributed by atoms with Crippen molar-refractivity contribution in [3.8, 4) is 0 Å². The van der Waals surface area contributed by atoms with E-state index < -0.39 is 16.5 Å². The third kappa shape index (κ3) is 2.96. The first-order chi connectivity index (χ1) is 9.98. The zero-order chi connectivity index (χ0) is 15.5. The van der Waals surface area contributed by atoms with Crippen LogP contribution in [-0.2, 0) is 4.79 Å². The number of likely N-dealkylation sites (tertiary alicyclic amines) is 1. The maximum Gasteiger partial charge on any atom is 0.521 e. The monoisotopic (exact) mass is 308 g/mol. The van der Waals surface area contributed by atoms with Gasteiger partial charge in [-0.1, -0.05) is 12.1 Å². The van der Waals surface area contributed by atoms with Crippen LogP contribution in [0.25, 0.3) is 0 Å². The number of hydrogen-bond acceptors (Lipinski definition) is 4. The van der Waals surface area contributed by atoms with Gasteiger partial charge in [-0.25, -0.2) is 4.79 Å². The summed E-state index contributed by atoms with van der Waals surface area (Å²) in [7, 11) is 0. The molecule has 1 aromatic rings. The average molecular weight is 308 g/mol. The molecule has 5 nitrogen and oxygen atoms in total. The summed E-state index contributed by atoms with van der Waals surface area (Å²) in [6, 6.07) is 3.30. The van der Waals surface area contributed by atoms with Gasteiger partial charge in [0.2, 0.25) is 0 Å². The number of rotatable bonds is 4. The molecule has 2 atom stereocenters. The standard InChI is InChI=1S/C15H17NO4S/c1-11-5-3-9-16(11,15(19)20)14(18)8-2-6-12(17)13-7-4-10-21-13/h2,4,7-8,10-11H,3,5-6,9H2,1H3/p+1/t11-,16?/m1/s1. The zero-order valence-corrected chi connectivity index (χ0v) is 12.6. The van der Waals surface area contributed by atoms with Gasteiger partial charge in [-0.15, -0.1) is 11.3 Å². The molecule has 1 aromatic heterocycles. The Hall–Kier alpha value is -1.79. The largest absolute Gasteiger partial charge is 0.521 e. The Bertz CT molecular complexity index is 579. The van der Waals surface area contributed by atoms with Crippen LogP contribution < -0.4 is 0 Å². The molecule has 1 unspecified atom stereocenters. The highest BCUT2D eigenvalue weighted by Gasteiger charge is 2.51. The fourth-order valence-corrected chi connectivity index (χ4v) is 3.40. The van der Waals surface area contributed by atoms with Crippen LogP contribution in [0.5, 0.6) is 0 Å². The van der Waals surface area contributed by atoms with Crippen molar-refractivity contribution < 1.29 is 24.0 Å². The van der Waals surface area contributed by atoms with Crippen LogP contribution in [0.4, 0.5) is 4.79 Å². The number of carboxylic acid groups (broad SMARTS) is 1. The van der Waals surface area contributed by atoms with Gasteiger partial charge in [0.15, 0.2) is 5.78 Å². The number of hydrogen-bond donors (Lipinski definition) is 1. The minimum absolute atomic E-state index is 0.0644. The van der Waals surface area contributed by atoms with Gasteiger partial charge < -0.3 is 5.11 Å². The van der Waals surface area contributed by atoms with Crippen LogP contribution in [-0.4, -0.2) is 40.0 Å². The fraction of sp³-hybridized carbons (Fsp3) is 0.400. The number of carbonyl (C=O) groups excluding carboxylic acids is 2. The van der Waals surface area contributed by atoms with Gasteiger partial charge in [-0.2, -0.15) is 9.28 Å². The van der Waals surface area contributed by atoms with Crippen molar-refractivity contribution in [1.82, 2.24) is 0 Å². The number of ketones is 1. The van der Waals surface area contributed by atoms with E-state index >= 15 is 0 Å². The van der Waals surface area contributed by atoms with E-state index in [9.17, 15) is 19.5 Å². The van der Waals surface area contributed by atoms with E-state index in [0.717, 1.165) is 12.8 Å². The van der Waals surface area contributed by atoms with Crippen molar-refractivity contribution in [2.75, 3.05) is 6.54 Å². The number of allylic oxidation sites excluding steroid dienone is 1. The van der Waals surface area contributed by atoms with E-state index in [1.54, 1.807) is 19.1 Å². The molecule has 1 saturated heterocycles. The minimum Gasteiger partial charge on any atom is -0.435 e. The molecule has 1 N–H and O–H groups in total. The molecule has 21 heavy (non-hydrogen) atoms. The van der Waals surface area contributed by atoms with Gasteiger partial charge in [0, 0.05) is 25.3 Å². The number of Topliss-reactive ketones (excluding diaryl/α,β-unsaturated/α-hetero) is 1. The maximum atomic E-state index is 12.3. The molecule has 1 aliphatic rings. The van der Waals surface area contributed by atoms with Gasteiger partial charge in [-0.3, -0.25) is 4.79 Å². The molecule has 2 amide bonds. The van der Waals surface area contributed by atoms with Crippen LogP contribution >= 0.6 is 11.3 Å². The summed E-state index contributed by atoms with van der Waals surface area (Å²) in [6.07, 6.45) is 3.17. The molecule has 112 valence electrons. The summed E-state index contributed by atoms with van der Waals surface area (Å²) in [5.74, 6) is -0.517. The molecule has 0 saturated carbocycles. The Morgan fingerprint density at radius 1 is 1.48 bits per heavy atom. The van der Waals surface area contributed by atoms with Gasteiger partial charge in [0.05, 0.1) is 11.4 Å². The number of quaternary nitrogens is 1. The second-order valence-corrected chi connectivity index (χ2v) is 6.16. The van der Waals surface area contributed by atoms with Crippen molar-refractivity contribution in [2.45, 2.75) is 32.2 Å². The number of imide groups is 1. The Balaban J connectivity index is 2.04. The summed E-state index contributed by atoms with van der Waals surface area (Å²) < 4.78 is -0.552. The van der Waals surface area contributed by atoms with E-state index in [0.29, 0.717) is 11.4 Å². The molecule has 1 aliphatic heterocycles. The van der Waals surface area contributed by atoms with Gasteiger partial charge in [0.1, 0.15) is 6.04 Å². The number of nitrogens with zero attached hydrogens (tertiary/aromatic N) is 1. The van der Waals surface area contributed by atoms with E-state index in [1.807, 2.05) is 5.38 Å². The molecule has 0 radical (unpaired) electrons. The predicted molar refractivity (Wildman–Crippen MR) is 79.3 cm³/mol. The van der Waals surface area contributed by atoms with Crippen LogP contribution in [0.3, 0.4) is 0 Å². The summed E-state index contributed by atoms with van der Waals surface area (Å²) in [5, 5.41) is 11.2. The molecular formula is C15H18NO4S+. The first-order valence-electron chi connectivity index (χ1n) is 6.87.